The lowest BCUT2D eigenvalue weighted by Gasteiger charge is -2.34. The molecule has 0 spiro atoms. The van der Waals surface area contributed by atoms with Gasteiger partial charge in [0.05, 0.1) is 0 Å². The van der Waals surface area contributed by atoms with Gasteiger partial charge in [0.1, 0.15) is 4.90 Å². The van der Waals surface area contributed by atoms with Crippen molar-refractivity contribution in [3.05, 3.63) is 77.6 Å². The molecule has 9 heteroatoms. The van der Waals surface area contributed by atoms with E-state index in [-0.39, 0.29) is 38.5 Å². The minimum Gasteiger partial charge on any atom is -0.340 e. The summed E-state index contributed by atoms with van der Waals surface area (Å²) in [4.78, 5) is 13.3. The van der Waals surface area contributed by atoms with E-state index in [1.54, 1.807) is 4.90 Å². The van der Waals surface area contributed by atoms with Crippen molar-refractivity contribution in [3.63, 3.8) is 0 Å². The maximum Gasteiger partial charge on any atom is 0.246 e. The molecular formula is C23H21F3N2O3S. The summed E-state index contributed by atoms with van der Waals surface area (Å²) >= 11 is 0. The van der Waals surface area contributed by atoms with Gasteiger partial charge in [0, 0.05) is 32.6 Å². The summed E-state index contributed by atoms with van der Waals surface area (Å²) in [7, 11) is -4.34. The number of benzene rings is 3. The zero-order valence-corrected chi connectivity index (χ0v) is 17.9. The Balaban J connectivity index is 1.36. The molecule has 1 aliphatic rings. The third-order valence-corrected chi connectivity index (χ3v) is 7.57. The first-order valence-corrected chi connectivity index (χ1v) is 11.6. The van der Waals surface area contributed by atoms with Crippen LogP contribution in [0.25, 0.3) is 10.8 Å². The Morgan fingerprint density at radius 2 is 1.53 bits per heavy atom. The predicted octanol–water partition coefficient (Wildman–Crippen LogP) is 3.72. The number of amides is 1. The Labute approximate surface area is 184 Å². The summed E-state index contributed by atoms with van der Waals surface area (Å²) in [5.41, 5.74) is 1.03. The SMILES string of the molecule is O=C(CCc1ccc2ccccc2c1)N1CCN(S(=O)(=O)c2ccc(F)c(F)c2F)CC1. The van der Waals surface area contributed by atoms with E-state index in [9.17, 15) is 26.4 Å². The standard InChI is InChI=1S/C23H21F3N2O3S/c24-19-8-9-20(23(26)22(19)25)32(30,31)28-13-11-27(12-14-28)21(29)10-6-16-5-7-17-3-1-2-4-18(17)15-16/h1-5,7-9,15H,6,10-14H2. The highest BCUT2D eigenvalue weighted by atomic mass is 32.2. The Hall–Kier alpha value is -2.91. The van der Waals surface area contributed by atoms with Crippen molar-refractivity contribution in [2.24, 2.45) is 0 Å². The van der Waals surface area contributed by atoms with Gasteiger partial charge in [0.25, 0.3) is 0 Å². The van der Waals surface area contributed by atoms with E-state index in [2.05, 4.69) is 0 Å². The van der Waals surface area contributed by atoms with Crippen molar-refractivity contribution in [1.82, 2.24) is 9.21 Å². The molecule has 3 aromatic rings. The van der Waals surface area contributed by atoms with Crippen LogP contribution in [-0.4, -0.2) is 49.7 Å². The largest absolute Gasteiger partial charge is 0.340 e. The van der Waals surface area contributed by atoms with Crippen LogP contribution in [0.15, 0.2) is 59.5 Å². The van der Waals surface area contributed by atoms with Gasteiger partial charge in [0.2, 0.25) is 15.9 Å². The van der Waals surface area contributed by atoms with Gasteiger partial charge in [0.15, 0.2) is 17.5 Å². The van der Waals surface area contributed by atoms with Gasteiger partial charge >= 0.3 is 0 Å². The monoisotopic (exact) mass is 462 g/mol. The minimum absolute atomic E-state index is 0.0531. The van der Waals surface area contributed by atoms with Crippen LogP contribution in [-0.2, 0) is 21.2 Å². The van der Waals surface area contributed by atoms with Crippen LogP contribution in [0.2, 0.25) is 0 Å². The van der Waals surface area contributed by atoms with E-state index >= 15 is 0 Å². The van der Waals surface area contributed by atoms with Gasteiger partial charge in [-0.15, -0.1) is 0 Å². The summed E-state index contributed by atoms with van der Waals surface area (Å²) in [5, 5.41) is 2.22. The lowest BCUT2D eigenvalue weighted by atomic mass is 10.0. The number of nitrogens with zero attached hydrogens (tertiary/aromatic N) is 2. The lowest BCUT2D eigenvalue weighted by Crippen LogP contribution is -2.50. The lowest BCUT2D eigenvalue weighted by molar-refractivity contribution is -0.132. The molecule has 1 saturated heterocycles. The van der Waals surface area contributed by atoms with E-state index in [1.165, 1.54) is 0 Å². The molecule has 1 fully saturated rings. The fourth-order valence-corrected chi connectivity index (χ4v) is 5.31. The average molecular weight is 462 g/mol. The molecule has 0 bridgehead atoms. The van der Waals surface area contributed by atoms with Crippen LogP contribution in [0.4, 0.5) is 13.2 Å². The molecule has 3 aromatic carbocycles. The summed E-state index contributed by atoms with van der Waals surface area (Å²) in [5.74, 6) is -5.12. The van der Waals surface area contributed by atoms with Crippen molar-refractivity contribution in [1.29, 1.82) is 0 Å². The molecule has 0 unspecified atom stereocenters. The highest BCUT2D eigenvalue weighted by Crippen LogP contribution is 2.24. The molecular weight excluding hydrogens is 441 g/mol. The van der Waals surface area contributed by atoms with Crippen LogP contribution in [0.1, 0.15) is 12.0 Å². The molecule has 0 aliphatic carbocycles. The molecule has 1 amide bonds. The quantitative estimate of drug-likeness (QED) is 0.543. The van der Waals surface area contributed by atoms with Crippen molar-refractivity contribution < 1.29 is 26.4 Å². The molecule has 32 heavy (non-hydrogen) atoms. The second-order valence-electron chi connectivity index (χ2n) is 7.64. The second kappa shape index (κ2) is 8.91. The fraction of sp³-hybridized carbons (Fsp3) is 0.261. The van der Waals surface area contributed by atoms with Gasteiger partial charge in [-0.1, -0.05) is 42.5 Å². The molecule has 1 heterocycles. The van der Waals surface area contributed by atoms with Crippen LogP contribution < -0.4 is 0 Å². The normalized spacial score (nSPS) is 15.3. The number of halogens is 3. The zero-order chi connectivity index (χ0) is 22.9. The number of fused-ring (bicyclic) bond motifs is 1. The zero-order valence-electron chi connectivity index (χ0n) is 17.1. The number of piperazine rings is 1. The molecule has 0 aromatic heterocycles. The third kappa shape index (κ3) is 4.35. The van der Waals surface area contributed by atoms with E-state index in [0.29, 0.717) is 18.6 Å². The number of rotatable bonds is 5. The number of carbonyl (C=O) groups is 1. The molecule has 5 nitrogen and oxygen atoms in total. The van der Waals surface area contributed by atoms with Gasteiger partial charge in [-0.3, -0.25) is 4.79 Å². The first kappa shape index (κ1) is 22.3. The highest BCUT2D eigenvalue weighted by molar-refractivity contribution is 7.89. The Morgan fingerprint density at radius 3 is 2.25 bits per heavy atom. The Morgan fingerprint density at radius 1 is 0.844 bits per heavy atom. The number of aryl methyl sites for hydroxylation is 1. The summed E-state index contributed by atoms with van der Waals surface area (Å²) in [6, 6.07) is 15.3. The van der Waals surface area contributed by atoms with Gasteiger partial charge in [-0.05, 0) is 34.9 Å². The summed E-state index contributed by atoms with van der Waals surface area (Å²) < 4.78 is 66.9. The van der Waals surface area contributed by atoms with Crippen molar-refractivity contribution in [3.8, 4) is 0 Å². The smallest absolute Gasteiger partial charge is 0.246 e. The topological polar surface area (TPSA) is 57.7 Å². The Bertz CT molecular complexity index is 1270. The van der Waals surface area contributed by atoms with Crippen LogP contribution >= 0.6 is 0 Å². The second-order valence-corrected chi connectivity index (χ2v) is 9.55. The van der Waals surface area contributed by atoms with Crippen LogP contribution in [0.5, 0.6) is 0 Å². The maximum atomic E-state index is 14.0. The number of hydrogen-bond acceptors (Lipinski definition) is 3. The number of hydrogen-bond donors (Lipinski definition) is 0. The number of carbonyl (C=O) groups excluding carboxylic acids is 1. The van der Waals surface area contributed by atoms with Crippen molar-refractivity contribution in [2.45, 2.75) is 17.7 Å². The average Bonchev–Trinajstić information content (AvgIpc) is 2.80. The van der Waals surface area contributed by atoms with E-state index < -0.39 is 32.4 Å². The van der Waals surface area contributed by atoms with E-state index in [4.69, 9.17) is 0 Å². The molecule has 0 saturated carbocycles. The van der Waals surface area contributed by atoms with Crippen LogP contribution in [0.3, 0.4) is 0 Å². The molecule has 0 N–H and O–H groups in total. The Kier molecular flexibility index (Phi) is 6.21. The van der Waals surface area contributed by atoms with Gasteiger partial charge in [-0.2, -0.15) is 4.31 Å². The van der Waals surface area contributed by atoms with E-state index in [0.717, 1.165) is 20.6 Å². The van der Waals surface area contributed by atoms with Crippen molar-refractivity contribution >= 4 is 26.7 Å². The van der Waals surface area contributed by atoms with E-state index in [1.807, 2.05) is 42.5 Å². The van der Waals surface area contributed by atoms with Gasteiger partial charge in [-0.25, -0.2) is 21.6 Å². The highest BCUT2D eigenvalue weighted by Gasteiger charge is 2.33. The molecule has 1 aliphatic heterocycles. The molecule has 4 rings (SSSR count). The summed E-state index contributed by atoms with van der Waals surface area (Å²) in [6.45, 7) is 0.174. The third-order valence-electron chi connectivity index (χ3n) is 5.65. The van der Waals surface area contributed by atoms with Crippen LogP contribution in [0, 0.1) is 17.5 Å². The first-order chi connectivity index (χ1) is 15.3. The number of sulfonamides is 1. The first-order valence-electron chi connectivity index (χ1n) is 10.2. The summed E-state index contributed by atoms with van der Waals surface area (Å²) in [6.07, 6.45) is 0.838. The van der Waals surface area contributed by atoms with Gasteiger partial charge < -0.3 is 4.90 Å². The molecule has 0 radical (unpaired) electrons. The maximum absolute atomic E-state index is 14.0. The minimum atomic E-state index is -4.34. The van der Waals surface area contributed by atoms with Crippen molar-refractivity contribution in [2.75, 3.05) is 26.2 Å². The molecule has 0 atom stereocenters. The molecule has 168 valence electrons. The fourth-order valence-electron chi connectivity index (χ4n) is 3.83. The predicted molar refractivity (Wildman–Crippen MR) is 114 cm³/mol.